The van der Waals surface area contributed by atoms with Crippen molar-refractivity contribution >= 4 is 17.4 Å². The molecule has 0 unspecified atom stereocenters. The molecule has 0 atom stereocenters. The lowest BCUT2D eigenvalue weighted by Gasteiger charge is -2.13. The average Bonchev–Trinajstić information content (AvgIpc) is 3.22. The molecule has 0 spiro atoms. The first-order valence-electron chi connectivity index (χ1n) is 9.45. The van der Waals surface area contributed by atoms with Gasteiger partial charge < -0.3 is 10.6 Å². The van der Waals surface area contributed by atoms with Crippen LogP contribution in [0.3, 0.4) is 0 Å². The van der Waals surface area contributed by atoms with Gasteiger partial charge >= 0.3 is 0 Å². The molecule has 1 aliphatic carbocycles. The molecule has 1 saturated carbocycles. The first-order chi connectivity index (χ1) is 13.7. The van der Waals surface area contributed by atoms with Crippen molar-refractivity contribution in [1.29, 1.82) is 0 Å². The summed E-state index contributed by atoms with van der Waals surface area (Å²) in [5.41, 5.74) is 2.84. The Morgan fingerprint density at radius 2 is 1.75 bits per heavy atom. The highest BCUT2D eigenvalue weighted by atomic mass is 19.1. The zero-order chi connectivity index (χ0) is 19.3. The second-order valence-electron chi connectivity index (χ2n) is 6.97. The monoisotopic (exact) mass is 376 g/mol. The van der Waals surface area contributed by atoms with E-state index in [2.05, 4.69) is 20.8 Å². The van der Waals surface area contributed by atoms with Crippen LogP contribution >= 0.6 is 0 Å². The van der Waals surface area contributed by atoms with Crippen LogP contribution in [-0.2, 0) is 0 Å². The summed E-state index contributed by atoms with van der Waals surface area (Å²) in [6, 6.07) is 17.4. The summed E-state index contributed by atoms with van der Waals surface area (Å²) < 4.78 is 13.0. The summed E-state index contributed by atoms with van der Waals surface area (Å²) >= 11 is 0. The quantitative estimate of drug-likeness (QED) is 0.677. The molecule has 1 amide bonds. The number of benzene rings is 2. The average molecular weight is 376 g/mol. The maximum atomic E-state index is 13.0. The van der Waals surface area contributed by atoms with Crippen molar-refractivity contribution in [2.45, 2.75) is 31.7 Å². The molecule has 0 radical (unpaired) electrons. The molecule has 2 aromatic carbocycles. The number of nitrogens with zero attached hydrogens (tertiary/aromatic N) is 2. The molecule has 0 aliphatic heterocycles. The van der Waals surface area contributed by atoms with Crippen molar-refractivity contribution in [3.8, 4) is 11.3 Å². The second-order valence-corrected chi connectivity index (χ2v) is 6.97. The van der Waals surface area contributed by atoms with Gasteiger partial charge in [0.2, 0.25) is 0 Å². The minimum Gasteiger partial charge on any atom is -0.349 e. The van der Waals surface area contributed by atoms with Gasteiger partial charge in [-0.25, -0.2) is 4.39 Å². The molecule has 6 heteroatoms. The highest BCUT2D eigenvalue weighted by molar-refractivity contribution is 5.95. The van der Waals surface area contributed by atoms with Gasteiger partial charge in [0.25, 0.3) is 5.91 Å². The molecule has 1 aromatic heterocycles. The van der Waals surface area contributed by atoms with Crippen LogP contribution in [0.5, 0.6) is 0 Å². The largest absolute Gasteiger partial charge is 0.349 e. The predicted molar refractivity (Wildman–Crippen MR) is 107 cm³/mol. The zero-order valence-corrected chi connectivity index (χ0v) is 15.4. The number of hydrogen-bond acceptors (Lipinski definition) is 4. The van der Waals surface area contributed by atoms with Crippen molar-refractivity contribution in [2.24, 2.45) is 0 Å². The van der Waals surface area contributed by atoms with E-state index in [0.717, 1.165) is 24.1 Å². The Balaban J connectivity index is 1.43. The fourth-order valence-corrected chi connectivity index (χ4v) is 3.40. The van der Waals surface area contributed by atoms with Crippen molar-refractivity contribution in [1.82, 2.24) is 15.5 Å². The van der Waals surface area contributed by atoms with Crippen molar-refractivity contribution in [3.05, 3.63) is 72.0 Å². The Kier molecular flexibility index (Phi) is 5.28. The van der Waals surface area contributed by atoms with Crippen LogP contribution in [0.4, 0.5) is 15.9 Å². The van der Waals surface area contributed by atoms with Gasteiger partial charge in [0.15, 0.2) is 5.82 Å². The van der Waals surface area contributed by atoms with Crippen LogP contribution in [0.2, 0.25) is 0 Å². The van der Waals surface area contributed by atoms with Gasteiger partial charge in [-0.3, -0.25) is 4.79 Å². The molecule has 5 nitrogen and oxygen atoms in total. The number of rotatable bonds is 5. The number of carbonyl (C=O) groups is 1. The normalized spacial score (nSPS) is 14.0. The van der Waals surface area contributed by atoms with Gasteiger partial charge in [-0.05, 0) is 67.4 Å². The Hall–Kier alpha value is -3.28. The smallest absolute Gasteiger partial charge is 0.251 e. The molecule has 0 bridgehead atoms. The van der Waals surface area contributed by atoms with Crippen molar-refractivity contribution < 1.29 is 9.18 Å². The fraction of sp³-hybridized carbons (Fsp3) is 0.227. The van der Waals surface area contributed by atoms with Gasteiger partial charge in [0.1, 0.15) is 5.82 Å². The fourth-order valence-electron chi connectivity index (χ4n) is 3.40. The maximum absolute atomic E-state index is 13.0. The number of halogens is 1. The van der Waals surface area contributed by atoms with Gasteiger partial charge in [0, 0.05) is 22.9 Å². The van der Waals surface area contributed by atoms with E-state index in [4.69, 9.17) is 0 Å². The summed E-state index contributed by atoms with van der Waals surface area (Å²) in [5.74, 6) is 0.236. The predicted octanol–water partition coefficient (Wildman–Crippen LogP) is 4.70. The van der Waals surface area contributed by atoms with E-state index in [9.17, 15) is 9.18 Å². The first kappa shape index (κ1) is 18.1. The second kappa shape index (κ2) is 8.17. The Morgan fingerprint density at radius 1 is 0.964 bits per heavy atom. The van der Waals surface area contributed by atoms with Crippen LogP contribution in [0.1, 0.15) is 36.0 Å². The van der Waals surface area contributed by atoms with Crippen molar-refractivity contribution in [2.75, 3.05) is 5.32 Å². The lowest BCUT2D eigenvalue weighted by molar-refractivity contribution is 0.0938. The van der Waals surface area contributed by atoms with Crippen LogP contribution < -0.4 is 10.6 Å². The Labute approximate surface area is 163 Å². The van der Waals surface area contributed by atoms with Gasteiger partial charge in [-0.1, -0.05) is 18.9 Å². The van der Waals surface area contributed by atoms with E-state index in [-0.39, 0.29) is 17.8 Å². The standard InChI is InChI=1S/C22H21FN4O/c23-17-10-8-15(9-11-17)20-12-13-21(27-26-20)24-19-7-3-4-16(14-19)22(28)25-18-5-1-2-6-18/h3-4,7-14,18H,1-2,5-6H2,(H,24,27)(H,25,28). The molecule has 1 aliphatic rings. The van der Waals surface area contributed by atoms with Crippen LogP contribution in [0.15, 0.2) is 60.7 Å². The van der Waals surface area contributed by atoms with E-state index in [0.29, 0.717) is 17.1 Å². The lowest BCUT2D eigenvalue weighted by atomic mass is 10.1. The van der Waals surface area contributed by atoms with Gasteiger partial charge in [0.05, 0.1) is 5.69 Å². The maximum Gasteiger partial charge on any atom is 0.251 e. The minimum absolute atomic E-state index is 0.0479. The number of nitrogens with one attached hydrogen (secondary N) is 2. The van der Waals surface area contributed by atoms with E-state index in [1.54, 1.807) is 30.3 Å². The number of anilines is 2. The van der Waals surface area contributed by atoms with Crippen LogP contribution in [0.25, 0.3) is 11.3 Å². The molecule has 28 heavy (non-hydrogen) atoms. The van der Waals surface area contributed by atoms with Crippen LogP contribution in [0, 0.1) is 5.82 Å². The third kappa shape index (κ3) is 4.34. The third-order valence-corrected chi connectivity index (χ3v) is 4.89. The molecule has 2 N–H and O–H groups in total. The SMILES string of the molecule is O=C(NC1CCCC1)c1cccc(Nc2ccc(-c3ccc(F)cc3)nn2)c1. The van der Waals surface area contributed by atoms with Gasteiger partial charge in [-0.15, -0.1) is 10.2 Å². The minimum atomic E-state index is -0.285. The summed E-state index contributed by atoms with van der Waals surface area (Å²) in [4.78, 5) is 12.4. The summed E-state index contributed by atoms with van der Waals surface area (Å²) in [6.45, 7) is 0. The number of amides is 1. The third-order valence-electron chi connectivity index (χ3n) is 4.89. The van der Waals surface area contributed by atoms with Crippen LogP contribution in [-0.4, -0.2) is 22.1 Å². The number of aromatic nitrogens is 2. The molecular formula is C22H21FN4O. The summed E-state index contributed by atoms with van der Waals surface area (Å²) in [7, 11) is 0. The molecular weight excluding hydrogens is 355 g/mol. The van der Waals surface area contributed by atoms with E-state index in [1.165, 1.54) is 25.0 Å². The highest BCUT2D eigenvalue weighted by Crippen LogP contribution is 2.21. The first-order valence-corrected chi connectivity index (χ1v) is 9.45. The molecule has 3 aromatic rings. The summed E-state index contributed by atoms with van der Waals surface area (Å²) in [6.07, 6.45) is 4.47. The highest BCUT2D eigenvalue weighted by Gasteiger charge is 2.18. The Morgan fingerprint density at radius 3 is 2.46 bits per heavy atom. The Bertz CT molecular complexity index is 951. The molecule has 142 valence electrons. The molecule has 1 heterocycles. The topological polar surface area (TPSA) is 66.9 Å². The van der Waals surface area contributed by atoms with E-state index < -0.39 is 0 Å². The number of carbonyl (C=O) groups excluding carboxylic acids is 1. The molecule has 1 fully saturated rings. The van der Waals surface area contributed by atoms with Crippen molar-refractivity contribution in [3.63, 3.8) is 0 Å². The number of hydrogen-bond donors (Lipinski definition) is 2. The molecule has 0 saturated heterocycles. The van der Waals surface area contributed by atoms with E-state index >= 15 is 0 Å². The lowest BCUT2D eigenvalue weighted by Crippen LogP contribution is -2.32. The van der Waals surface area contributed by atoms with Gasteiger partial charge in [-0.2, -0.15) is 0 Å². The summed E-state index contributed by atoms with van der Waals surface area (Å²) in [5, 5.41) is 14.6. The zero-order valence-electron chi connectivity index (χ0n) is 15.4. The molecule has 4 rings (SSSR count). The van der Waals surface area contributed by atoms with E-state index in [1.807, 2.05) is 18.2 Å².